The van der Waals surface area contributed by atoms with Crippen LogP contribution >= 0.6 is 0 Å². The molecule has 0 heterocycles. The number of hydrogen-bond acceptors (Lipinski definition) is 3. The van der Waals surface area contributed by atoms with E-state index < -0.39 is 15.8 Å². The van der Waals surface area contributed by atoms with Gasteiger partial charge in [-0.25, -0.2) is 17.5 Å². The van der Waals surface area contributed by atoms with Crippen molar-refractivity contribution in [2.75, 3.05) is 18.0 Å². The van der Waals surface area contributed by atoms with E-state index in [2.05, 4.69) is 4.72 Å². The van der Waals surface area contributed by atoms with Gasteiger partial charge in [0, 0.05) is 24.3 Å². The lowest BCUT2D eigenvalue weighted by atomic mass is 10.1. The fraction of sp³-hybridized carbons (Fsp3) is 0.174. The predicted molar refractivity (Wildman–Crippen MR) is 116 cm³/mol. The van der Waals surface area contributed by atoms with E-state index in [1.165, 1.54) is 41.3 Å². The second-order valence-corrected chi connectivity index (χ2v) is 8.78. The average Bonchev–Trinajstić information content (AvgIpc) is 2.72. The van der Waals surface area contributed by atoms with Gasteiger partial charge in [-0.1, -0.05) is 35.4 Å². The van der Waals surface area contributed by atoms with E-state index in [-0.39, 0.29) is 23.9 Å². The standard InChI is InChI=1S/C23H23FN2O3S/c1-17-3-7-19(8-4-17)23(27)26(21-11-9-20(24)10-12-21)16-15-25-30(28,29)22-13-5-18(2)6-14-22/h3-14,25H,15-16H2,1-2H3. The molecule has 0 aromatic heterocycles. The number of nitrogens with zero attached hydrogens (tertiary/aromatic N) is 1. The van der Waals surface area contributed by atoms with Gasteiger partial charge in [0.1, 0.15) is 5.82 Å². The van der Waals surface area contributed by atoms with E-state index in [1.54, 1.807) is 24.3 Å². The zero-order chi connectivity index (χ0) is 21.7. The van der Waals surface area contributed by atoms with Gasteiger partial charge in [-0.05, 0) is 62.4 Å². The van der Waals surface area contributed by atoms with Crippen molar-refractivity contribution in [3.8, 4) is 0 Å². The molecule has 0 aliphatic rings. The van der Waals surface area contributed by atoms with Crippen LogP contribution in [-0.2, 0) is 10.0 Å². The monoisotopic (exact) mass is 426 g/mol. The van der Waals surface area contributed by atoms with Gasteiger partial charge in [0.25, 0.3) is 5.91 Å². The molecule has 156 valence electrons. The third kappa shape index (κ3) is 5.31. The third-order valence-corrected chi connectivity index (χ3v) is 6.12. The third-order valence-electron chi connectivity index (χ3n) is 4.64. The lowest BCUT2D eigenvalue weighted by Gasteiger charge is -2.23. The van der Waals surface area contributed by atoms with Crippen LogP contribution in [0, 0.1) is 19.7 Å². The van der Waals surface area contributed by atoms with Gasteiger partial charge < -0.3 is 4.90 Å². The van der Waals surface area contributed by atoms with Gasteiger partial charge >= 0.3 is 0 Å². The van der Waals surface area contributed by atoms with Crippen LogP contribution in [0.15, 0.2) is 77.7 Å². The first-order chi connectivity index (χ1) is 14.3. The molecule has 7 heteroatoms. The molecule has 1 amide bonds. The average molecular weight is 427 g/mol. The van der Waals surface area contributed by atoms with E-state index in [1.807, 2.05) is 26.0 Å². The van der Waals surface area contributed by atoms with E-state index in [9.17, 15) is 17.6 Å². The number of amides is 1. The Kier molecular flexibility index (Phi) is 6.64. The van der Waals surface area contributed by atoms with Crippen LogP contribution in [-0.4, -0.2) is 27.4 Å². The van der Waals surface area contributed by atoms with Crippen molar-refractivity contribution in [2.45, 2.75) is 18.7 Å². The summed E-state index contributed by atoms with van der Waals surface area (Å²) in [6.07, 6.45) is 0. The van der Waals surface area contributed by atoms with Crippen LogP contribution in [0.1, 0.15) is 21.5 Å². The molecule has 3 rings (SSSR count). The molecule has 0 unspecified atom stereocenters. The van der Waals surface area contributed by atoms with Crippen molar-refractivity contribution in [3.05, 3.63) is 95.3 Å². The van der Waals surface area contributed by atoms with E-state index in [4.69, 9.17) is 0 Å². The summed E-state index contributed by atoms with van der Waals surface area (Å²) in [5.41, 5.74) is 2.92. The molecule has 3 aromatic rings. The van der Waals surface area contributed by atoms with Gasteiger partial charge in [0.2, 0.25) is 10.0 Å². The summed E-state index contributed by atoms with van der Waals surface area (Å²) in [4.78, 5) is 14.7. The summed E-state index contributed by atoms with van der Waals surface area (Å²) >= 11 is 0. The molecular weight excluding hydrogens is 403 g/mol. The number of carbonyl (C=O) groups excluding carboxylic acids is 1. The highest BCUT2D eigenvalue weighted by Gasteiger charge is 2.20. The van der Waals surface area contributed by atoms with Crippen LogP contribution in [0.3, 0.4) is 0 Å². The van der Waals surface area contributed by atoms with Crippen molar-refractivity contribution in [1.82, 2.24) is 4.72 Å². The van der Waals surface area contributed by atoms with Gasteiger partial charge in [-0.2, -0.15) is 0 Å². The summed E-state index contributed by atoms with van der Waals surface area (Å²) in [7, 11) is -3.71. The molecular formula is C23H23FN2O3S. The first-order valence-electron chi connectivity index (χ1n) is 9.47. The highest BCUT2D eigenvalue weighted by molar-refractivity contribution is 7.89. The summed E-state index contributed by atoms with van der Waals surface area (Å²) in [5, 5.41) is 0. The Morgan fingerprint density at radius 1 is 0.867 bits per heavy atom. The normalized spacial score (nSPS) is 11.3. The number of hydrogen-bond donors (Lipinski definition) is 1. The Hall–Kier alpha value is -3.03. The number of anilines is 1. The first-order valence-corrected chi connectivity index (χ1v) is 10.9. The molecule has 5 nitrogen and oxygen atoms in total. The van der Waals surface area contributed by atoms with Crippen LogP contribution in [0.5, 0.6) is 0 Å². The number of carbonyl (C=O) groups is 1. The molecule has 1 N–H and O–H groups in total. The Labute approximate surface area is 176 Å². The molecule has 30 heavy (non-hydrogen) atoms. The number of rotatable bonds is 7. The first kappa shape index (κ1) is 21.7. The zero-order valence-electron chi connectivity index (χ0n) is 16.8. The summed E-state index contributed by atoms with van der Waals surface area (Å²) in [5.74, 6) is -0.710. The molecule has 0 aliphatic carbocycles. The number of benzene rings is 3. The fourth-order valence-electron chi connectivity index (χ4n) is 2.91. The second-order valence-electron chi connectivity index (χ2n) is 7.01. The molecule has 0 saturated heterocycles. The zero-order valence-corrected chi connectivity index (χ0v) is 17.6. The van der Waals surface area contributed by atoms with E-state index >= 15 is 0 Å². The van der Waals surface area contributed by atoms with Crippen molar-refractivity contribution in [3.63, 3.8) is 0 Å². The number of aryl methyl sites for hydroxylation is 2. The molecule has 0 aliphatic heterocycles. The highest BCUT2D eigenvalue weighted by atomic mass is 32.2. The van der Waals surface area contributed by atoms with E-state index in [0.717, 1.165) is 11.1 Å². The van der Waals surface area contributed by atoms with Gasteiger partial charge in [-0.15, -0.1) is 0 Å². The highest BCUT2D eigenvalue weighted by Crippen LogP contribution is 2.18. The lowest BCUT2D eigenvalue weighted by Crippen LogP contribution is -2.38. The van der Waals surface area contributed by atoms with Crippen LogP contribution in [0.4, 0.5) is 10.1 Å². The van der Waals surface area contributed by atoms with Crippen molar-refractivity contribution < 1.29 is 17.6 Å². The van der Waals surface area contributed by atoms with E-state index in [0.29, 0.717) is 11.3 Å². The fourth-order valence-corrected chi connectivity index (χ4v) is 3.93. The topological polar surface area (TPSA) is 66.5 Å². The Morgan fingerprint density at radius 2 is 1.40 bits per heavy atom. The van der Waals surface area contributed by atoms with Gasteiger partial charge in [0.05, 0.1) is 4.90 Å². The largest absolute Gasteiger partial charge is 0.307 e. The van der Waals surface area contributed by atoms with Crippen molar-refractivity contribution >= 4 is 21.6 Å². The quantitative estimate of drug-likeness (QED) is 0.619. The molecule has 0 spiro atoms. The number of halogens is 1. The second kappa shape index (κ2) is 9.19. The SMILES string of the molecule is Cc1ccc(C(=O)N(CCNS(=O)(=O)c2ccc(C)cc2)c2ccc(F)cc2)cc1. The lowest BCUT2D eigenvalue weighted by molar-refractivity contribution is 0.0987. The van der Waals surface area contributed by atoms with Crippen molar-refractivity contribution in [1.29, 1.82) is 0 Å². The molecule has 0 radical (unpaired) electrons. The predicted octanol–water partition coefficient (Wildman–Crippen LogP) is 4.07. The molecule has 0 saturated carbocycles. The number of nitrogens with one attached hydrogen (secondary N) is 1. The Balaban J connectivity index is 1.78. The maximum atomic E-state index is 13.3. The smallest absolute Gasteiger partial charge is 0.258 e. The molecule has 0 atom stereocenters. The maximum Gasteiger partial charge on any atom is 0.258 e. The minimum Gasteiger partial charge on any atom is -0.307 e. The Morgan fingerprint density at radius 3 is 1.97 bits per heavy atom. The summed E-state index contributed by atoms with van der Waals surface area (Å²) < 4.78 is 40.9. The molecule has 0 bridgehead atoms. The molecule has 3 aromatic carbocycles. The van der Waals surface area contributed by atoms with Gasteiger partial charge in [-0.3, -0.25) is 4.79 Å². The van der Waals surface area contributed by atoms with Crippen LogP contribution in [0.2, 0.25) is 0 Å². The van der Waals surface area contributed by atoms with Crippen molar-refractivity contribution in [2.24, 2.45) is 0 Å². The summed E-state index contributed by atoms with van der Waals surface area (Å²) in [6, 6.07) is 19.1. The van der Waals surface area contributed by atoms with Crippen LogP contribution < -0.4 is 9.62 Å². The maximum absolute atomic E-state index is 13.3. The van der Waals surface area contributed by atoms with Crippen LogP contribution in [0.25, 0.3) is 0 Å². The number of sulfonamides is 1. The molecule has 0 fully saturated rings. The summed E-state index contributed by atoms with van der Waals surface area (Å²) in [6.45, 7) is 3.89. The Bertz CT molecular complexity index is 1110. The minimum atomic E-state index is -3.71. The minimum absolute atomic E-state index is 0.00515. The van der Waals surface area contributed by atoms with Gasteiger partial charge in [0.15, 0.2) is 0 Å².